The summed E-state index contributed by atoms with van der Waals surface area (Å²) in [6.45, 7) is 0. The van der Waals surface area contributed by atoms with Gasteiger partial charge in [-0.15, -0.1) is 0 Å². The van der Waals surface area contributed by atoms with Crippen molar-refractivity contribution in [2.45, 2.75) is 0 Å². The number of fused-ring (bicyclic) bond motifs is 5. The Morgan fingerprint density at radius 2 is 0.517 bits per heavy atom. The minimum Gasteiger partial charge on any atom is -0.397 e. The topological polar surface area (TPSA) is 104 Å². The number of nitrogens with zero attached hydrogens (tertiary/aromatic N) is 4. The first-order chi connectivity index (χ1) is 29.6. The molecule has 60 heavy (non-hydrogen) atoms. The predicted octanol–water partition coefficient (Wildman–Crippen LogP) is 13.0. The van der Waals surface area contributed by atoms with Gasteiger partial charge in [0.05, 0.1) is 56.2 Å². The molecule has 0 saturated carbocycles. The van der Waals surface area contributed by atoms with Gasteiger partial charge in [0.15, 0.2) is 0 Å². The summed E-state index contributed by atoms with van der Waals surface area (Å²) in [4.78, 5) is 20.8. The molecule has 0 fully saturated rings. The third-order valence-electron chi connectivity index (χ3n) is 11.4. The van der Waals surface area contributed by atoms with Gasteiger partial charge >= 0.3 is 0 Å². The largest absolute Gasteiger partial charge is 0.397 e. The lowest BCUT2D eigenvalue weighted by molar-refractivity contribution is 1.29. The first-order valence-corrected chi connectivity index (χ1v) is 20.0. The lowest BCUT2D eigenvalue weighted by Gasteiger charge is -2.15. The summed E-state index contributed by atoms with van der Waals surface area (Å²) in [5, 5.41) is 3.86. The summed E-state index contributed by atoms with van der Waals surface area (Å²) in [5.74, 6) is 0. The molecule has 2 aromatic heterocycles. The van der Waals surface area contributed by atoms with Crippen molar-refractivity contribution in [2.75, 3.05) is 11.5 Å². The number of rotatable bonds is 6. The average molecular weight is 769 g/mol. The molecule has 11 rings (SSSR count). The van der Waals surface area contributed by atoms with Gasteiger partial charge in [-0.1, -0.05) is 158 Å². The Balaban J connectivity index is 1.04. The molecule has 11 aromatic rings. The minimum absolute atomic E-state index is 0.575. The fraction of sp³-hybridized carbons (Fsp3) is 0. The number of nitrogens with two attached hydrogens (primary N) is 2. The fourth-order valence-corrected chi connectivity index (χ4v) is 8.31. The summed E-state index contributed by atoms with van der Waals surface area (Å²) in [6, 6.07) is 66.4. The minimum atomic E-state index is 0.575. The SMILES string of the molecule is Nc1c(N)c2ccc(-c3ccc4nc(-c5ccccc5)c(-c5ccccc5)nc4c3)cc2c2cc(-c3ccc4nc(-c5ccccc5)c(-c5ccccc5)nc4c3)ccc12. The number of anilines is 2. The number of aromatic nitrogens is 4. The van der Waals surface area contributed by atoms with Crippen molar-refractivity contribution >= 4 is 55.0 Å². The van der Waals surface area contributed by atoms with Crippen LogP contribution < -0.4 is 11.5 Å². The molecule has 0 aliphatic carbocycles. The molecule has 6 nitrogen and oxygen atoms in total. The maximum absolute atomic E-state index is 6.75. The number of benzene rings is 9. The van der Waals surface area contributed by atoms with Crippen LogP contribution in [0.15, 0.2) is 194 Å². The van der Waals surface area contributed by atoms with Gasteiger partial charge in [-0.3, -0.25) is 0 Å². The molecule has 0 radical (unpaired) electrons. The molecule has 2 heterocycles. The van der Waals surface area contributed by atoms with Gasteiger partial charge < -0.3 is 11.5 Å². The second kappa shape index (κ2) is 14.3. The van der Waals surface area contributed by atoms with Crippen molar-refractivity contribution in [3.05, 3.63) is 194 Å². The third kappa shape index (κ3) is 6.06. The van der Waals surface area contributed by atoms with Crippen molar-refractivity contribution < 1.29 is 0 Å². The molecule has 6 heteroatoms. The van der Waals surface area contributed by atoms with Gasteiger partial charge in [-0.05, 0) is 69.4 Å². The molecule has 0 aliphatic heterocycles. The van der Waals surface area contributed by atoms with E-state index < -0.39 is 0 Å². The van der Waals surface area contributed by atoms with E-state index in [0.717, 1.165) is 111 Å². The molecular weight excluding hydrogens is 733 g/mol. The first kappa shape index (κ1) is 35.0. The lowest BCUT2D eigenvalue weighted by Crippen LogP contribution is -1.98. The Labute approximate surface area is 346 Å². The zero-order valence-electron chi connectivity index (χ0n) is 32.4. The summed E-state index contributed by atoms with van der Waals surface area (Å²) in [5.41, 5.74) is 29.6. The molecule has 9 aromatic carbocycles. The van der Waals surface area contributed by atoms with Crippen LogP contribution in [0, 0.1) is 0 Å². The van der Waals surface area contributed by atoms with Crippen molar-refractivity contribution in [1.29, 1.82) is 0 Å². The quantitative estimate of drug-likeness (QED) is 0.0992. The highest BCUT2D eigenvalue weighted by molar-refractivity contribution is 6.20. The average Bonchev–Trinajstić information content (AvgIpc) is 3.32. The Kier molecular flexibility index (Phi) is 8.34. The smallest absolute Gasteiger partial charge is 0.0973 e. The normalized spacial score (nSPS) is 11.5. The highest BCUT2D eigenvalue weighted by Crippen LogP contribution is 2.41. The van der Waals surface area contributed by atoms with Crippen LogP contribution in [-0.2, 0) is 0 Å². The van der Waals surface area contributed by atoms with Crippen LogP contribution in [0.3, 0.4) is 0 Å². The van der Waals surface area contributed by atoms with E-state index in [2.05, 4.69) is 121 Å². The van der Waals surface area contributed by atoms with Crippen molar-refractivity contribution in [3.8, 4) is 67.3 Å². The maximum Gasteiger partial charge on any atom is 0.0973 e. The Bertz CT molecular complexity index is 3200. The molecule has 0 bridgehead atoms. The van der Waals surface area contributed by atoms with E-state index in [9.17, 15) is 0 Å². The van der Waals surface area contributed by atoms with Gasteiger partial charge in [0.1, 0.15) is 0 Å². The van der Waals surface area contributed by atoms with Crippen molar-refractivity contribution in [1.82, 2.24) is 19.9 Å². The summed E-state index contributed by atoms with van der Waals surface area (Å²) in [6.07, 6.45) is 0. The second-order valence-corrected chi connectivity index (χ2v) is 15.1. The van der Waals surface area contributed by atoms with Gasteiger partial charge in [0.25, 0.3) is 0 Å². The summed E-state index contributed by atoms with van der Waals surface area (Å²) in [7, 11) is 0. The highest BCUT2D eigenvalue weighted by atomic mass is 14.8. The molecule has 4 N–H and O–H groups in total. The second-order valence-electron chi connectivity index (χ2n) is 15.1. The zero-order valence-corrected chi connectivity index (χ0v) is 32.4. The Morgan fingerprint density at radius 1 is 0.233 bits per heavy atom. The Hall–Kier alpha value is -8.22. The van der Waals surface area contributed by atoms with Crippen LogP contribution in [0.1, 0.15) is 0 Å². The van der Waals surface area contributed by atoms with E-state index >= 15 is 0 Å². The standard InChI is InChI=1S/C54H36N6/c55-49-41-25-21-37(39-23-27-45-47(31-39)59-53(35-17-9-3-10-18-35)51(57-45)33-13-5-1-6-14-33)29-43(41)44-30-38(22-26-42(44)50(49)56)40-24-28-46-48(32-40)60-54(36-19-11-4-12-20-36)52(58-46)34-15-7-2-8-16-34/h1-32H,55-56H2. The van der Waals surface area contributed by atoms with Crippen LogP contribution in [0.2, 0.25) is 0 Å². The Morgan fingerprint density at radius 3 is 0.850 bits per heavy atom. The van der Waals surface area contributed by atoms with E-state index in [1.54, 1.807) is 0 Å². The molecular formula is C54H36N6. The van der Waals surface area contributed by atoms with E-state index in [0.29, 0.717) is 11.4 Å². The van der Waals surface area contributed by atoms with Crippen LogP contribution in [0.25, 0.3) is 111 Å². The van der Waals surface area contributed by atoms with Crippen LogP contribution >= 0.6 is 0 Å². The molecule has 0 amide bonds. The van der Waals surface area contributed by atoms with Crippen molar-refractivity contribution in [2.24, 2.45) is 0 Å². The third-order valence-corrected chi connectivity index (χ3v) is 11.4. The van der Waals surface area contributed by atoms with E-state index in [-0.39, 0.29) is 0 Å². The van der Waals surface area contributed by atoms with Gasteiger partial charge in [0, 0.05) is 33.0 Å². The summed E-state index contributed by atoms with van der Waals surface area (Å²) < 4.78 is 0. The molecule has 0 unspecified atom stereocenters. The lowest BCUT2D eigenvalue weighted by atomic mass is 9.92. The summed E-state index contributed by atoms with van der Waals surface area (Å²) >= 11 is 0. The molecule has 0 spiro atoms. The van der Waals surface area contributed by atoms with Crippen LogP contribution in [-0.4, -0.2) is 19.9 Å². The maximum atomic E-state index is 6.75. The van der Waals surface area contributed by atoms with Crippen LogP contribution in [0.4, 0.5) is 11.4 Å². The predicted molar refractivity (Wildman–Crippen MR) is 249 cm³/mol. The molecule has 282 valence electrons. The van der Waals surface area contributed by atoms with Crippen molar-refractivity contribution in [3.63, 3.8) is 0 Å². The van der Waals surface area contributed by atoms with Crippen LogP contribution in [0.5, 0.6) is 0 Å². The zero-order chi connectivity index (χ0) is 40.2. The number of hydrogen-bond donors (Lipinski definition) is 2. The monoisotopic (exact) mass is 768 g/mol. The molecule has 0 aliphatic rings. The van der Waals surface area contributed by atoms with Gasteiger partial charge in [-0.25, -0.2) is 19.9 Å². The molecule has 0 atom stereocenters. The number of nitrogen functional groups attached to an aromatic ring is 2. The van der Waals surface area contributed by atoms with E-state index in [1.807, 2.05) is 72.8 Å². The number of hydrogen-bond acceptors (Lipinski definition) is 6. The van der Waals surface area contributed by atoms with Gasteiger partial charge in [0.2, 0.25) is 0 Å². The molecule has 0 saturated heterocycles. The highest BCUT2D eigenvalue weighted by Gasteiger charge is 2.18. The first-order valence-electron chi connectivity index (χ1n) is 20.0. The van der Waals surface area contributed by atoms with Gasteiger partial charge in [-0.2, -0.15) is 0 Å². The van der Waals surface area contributed by atoms with E-state index in [4.69, 9.17) is 31.4 Å². The fourth-order valence-electron chi connectivity index (χ4n) is 8.31. The van der Waals surface area contributed by atoms with E-state index in [1.165, 1.54) is 0 Å².